The zero-order valence-corrected chi connectivity index (χ0v) is 13.8. The molecule has 0 spiro atoms. The molecule has 3 rings (SSSR count). The summed E-state index contributed by atoms with van der Waals surface area (Å²) in [6.45, 7) is 3.64. The third kappa shape index (κ3) is 3.72. The van der Waals surface area contributed by atoms with Crippen LogP contribution >= 0.6 is 0 Å². The van der Waals surface area contributed by atoms with Crippen LogP contribution in [0.1, 0.15) is 40.4 Å². The van der Waals surface area contributed by atoms with Crippen molar-refractivity contribution in [1.29, 1.82) is 5.26 Å². The van der Waals surface area contributed by atoms with E-state index in [0.29, 0.717) is 17.0 Å². The van der Waals surface area contributed by atoms with Crippen molar-refractivity contribution in [1.82, 2.24) is 10.2 Å². The van der Waals surface area contributed by atoms with E-state index < -0.39 is 12.1 Å². The van der Waals surface area contributed by atoms with Crippen LogP contribution in [0.5, 0.6) is 0 Å². The summed E-state index contributed by atoms with van der Waals surface area (Å²) < 4.78 is 10.9. The molecular formula is C19H15N3O3. The SMILES string of the molecule is Cc1ccc(-c2nnc([C@@H](C)OC(=O)c3cccc(C#N)c3)o2)cc1. The maximum absolute atomic E-state index is 12.2. The minimum absolute atomic E-state index is 0.209. The van der Waals surface area contributed by atoms with Gasteiger partial charge >= 0.3 is 5.97 Å². The van der Waals surface area contributed by atoms with E-state index in [2.05, 4.69) is 10.2 Å². The van der Waals surface area contributed by atoms with Crippen LogP contribution in [0, 0.1) is 18.3 Å². The Labute approximate surface area is 144 Å². The highest BCUT2D eigenvalue weighted by Gasteiger charge is 2.20. The van der Waals surface area contributed by atoms with Crippen LogP contribution in [-0.4, -0.2) is 16.2 Å². The molecule has 1 atom stereocenters. The van der Waals surface area contributed by atoms with Gasteiger partial charge in [-0.2, -0.15) is 5.26 Å². The lowest BCUT2D eigenvalue weighted by Gasteiger charge is -2.09. The molecule has 1 aromatic heterocycles. The monoisotopic (exact) mass is 333 g/mol. The number of carbonyl (C=O) groups is 1. The molecule has 0 radical (unpaired) electrons. The number of rotatable bonds is 4. The largest absolute Gasteiger partial charge is 0.449 e. The van der Waals surface area contributed by atoms with E-state index in [1.165, 1.54) is 6.07 Å². The molecule has 1 heterocycles. The Bertz CT molecular complexity index is 939. The Morgan fingerprint density at radius 3 is 2.68 bits per heavy atom. The highest BCUT2D eigenvalue weighted by Crippen LogP contribution is 2.23. The van der Waals surface area contributed by atoms with Crippen LogP contribution in [0.15, 0.2) is 52.9 Å². The molecule has 0 unspecified atom stereocenters. The predicted octanol–water partition coefficient (Wildman–Crippen LogP) is 3.83. The van der Waals surface area contributed by atoms with Crippen LogP contribution in [0.3, 0.4) is 0 Å². The quantitative estimate of drug-likeness (QED) is 0.674. The number of benzene rings is 2. The number of esters is 1. The van der Waals surface area contributed by atoms with Crippen LogP contribution in [0.25, 0.3) is 11.5 Å². The van der Waals surface area contributed by atoms with Gasteiger partial charge in [0, 0.05) is 5.56 Å². The summed E-state index contributed by atoms with van der Waals surface area (Å²) in [5.74, 6) is 0.0180. The molecule has 0 aliphatic rings. The fourth-order valence-electron chi connectivity index (χ4n) is 2.21. The van der Waals surface area contributed by atoms with Gasteiger partial charge in [-0.25, -0.2) is 4.79 Å². The first-order valence-electron chi connectivity index (χ1n) is 7.68. The van der Waals surface area contributed by atoms with E-state index in [0.717, 1.165) is 11.1 Å². The summed E-state index contributed by atoms with van der Waals surface area (Å²) in [7, 11) is 0. The molecule has 0 bridgehead atoms. The third-order valence-corrected chi connectivity index (χ3v) is 3.60. The van der Waals surface area contributed by atoms with Crippen molar-refractivity contribution in [3.05, 3.63) is 71.1 Å². The smallest absolute Gasteiger partial charge is 0.338 e. The molecule has 2 aromatic carbocycles. The molecule has 6 nitrogen and oxygen atoms in total. The van der Waals surface area contributed by atoms with Crippen molar-refractivity contribution >= 4 is 5.97 Å². The number of carbonyl (C=O) groups excluding carboxylic acids is 1. The van der Waals surface area contributed by atoms with Crippen molar-refractivity contribution in [2.45, 2.75) is 20.0 Å². The Hall–Kier alpha value is -3.46. The number of aromatic nitrogens is 2. The zero-order valence-electron chi connectivity index (χ0n) is 13.8. The van der Waals surface area contributed by atoms with Crippen LogP contribution in [-0.2, 0) is 4.74 Å². The normalized spacial score (nSPS) is 11.6. The van der Waals surface area contributed by atoms with Gasteiger partial charge in [0.15, 0.2) is 6.10 Å². The number of nitriles is 1. The fraction of sp³-hybridized carbons (Fsp3) is 0.158. The number of ether oxygens (including phenoxy) is 1. The van der Waals surface area contributed by atoms with Gasteiger partial charge in [0.05, 0.1) is 17.2 Å². The van der Waals surface area contributed by atoms with Gasteiger partial charge in [-0.1, -0.05) is 23.8 Å². The van der Waals surface area contributed by atoms with Gasteiger partial charge in [-0.05, 0) is 44.2 Å². The van der Waals surface area contributed by atoms with Gasteiger partial charge in [0.25, 0.3) is 5.89 Å². The van der Waals surface area contributed by atoms with Gasteiger partial charge < -0.3 is 9.15 Å². The molecule has 0 aliphatic heterocycles. The van der Waals surface area contributed by atoms with Gasteiger partial charge in [0.1, 0.15) is 0 Å². The topological polar surface area (TPSA) is 89.0 Å². The van der Waals surface area contributed by atoms with Crippen LogP contribution < -0.4 is 0 Å². The van der Waals surface area contributed by atoms with E-state index in [4.69, 9.17) is 14.4 Å². The predicted molar refractivity (Wildman–Crippen MR) is 89.5 cm³/mol. The fourth-order valence-corrected chi connectivity index (χ4v) is 2.21. The highest BCUT2D eigenvalue weighted by atomic mass is 16.6. The molecule has 3 aromatic rings. The van der Waals surface area contributed by atoms with Crippen molar-refractivity contribution in [3.8, 4) is 17.5 Å². The second-order valence-corrected chi connectivity index (χ2v) is 5.55. The van der Waals surface area contributed by atoms with E-state index in [9.17, 15) is 4.79 Å². The van der Waals surface area contributed by atoms with Crippen molar-refractivity contribution in [3.63, 3.8) is 0 Å². The molecule has 0 saturated heterocycles. The summed E-state index contributed by atoms with van der Waals surface area (Å²) in [5, 5.41) is 16.8. The average Bonchev–Trinajstić information content (AvgIpc) is 3.12. The highest BCUT2D eigenvalue weighted by molar-refractivity contribution is 5.89. The average molecular weight is 333 g/mol. The van der Waals surface area contributed by atoms with Crippen molar-refractivity contribution < 1.29 is 13.9 Å². The third-order valence-electron chi connectivity index (χ3n) is 3.60. The maximum atomic E-state index is 12.2. The van der Waals surface area contributed by atoms with Crippen LogP contribution in [0.2, 0.25) is 0 Å². The molecule has 0 amide bonds. The zero-order chi connectivity index (χ0) is 17.8. The summed E-state index contributed by atoms with van der Waals surface area (Å²) in [4.78, 5) is 12.2. The first-order valence-corrected chi connectivity index (χ1v) is 7.68. The maximum Gasteiger partial charge on any atom is 0.338 e. The van der Waals surface area contributed by atoms with Crippen molar-refractivity contribution in [2.24, 2.45) is 0 Å². The second kappa shape index (κ2) is 6.97. The molecule has 25 heavy (non-hydrogen) atoms. The first-order chi connectivity index (χ1) is 12.1. The van der Waals surface area contributed by atoms with E-state index in [1.807, 2.05) is 37.3 Å². The number of nitrogens with zero attached hydrogens (tertiary/aromatic N) is 3. The molecule has 0 N–H and O–H groups in total. The van der Waals surface area contributed by atoms with Crippen LogP contribution in [0.4, 0.5) is 0 Å². The number of hydrogen-bond donors (Lipinski definition) is 0. The summed E-state index contributed by atoms with van der Waals surface area (Å²) in [5.41, 5.74) is 2.61. The number of aryl methyl sites for hydroxylation is 1. The van der Waals surface area contributed by atoms with Gasteiger partial charge in [0.2, 0.25) is 5.89 Å². The summed E-state index contributed by atoms with van der Waals surface area (Å²) in [6, 6.07) is 16.0. The Morgan fingerprint density at radius 1 is 1.20 bits per heavy atom. The first kappa shape index (κ1) is 16.4. The van der Waals surface area contributed by atoms with Gasteiger partial charge in [-0.15, -0.1) is 10.2 Å². The molecule has 0 saturated carbocycles. The summed E-state index contributed by atoms with van der Waals surface area (Å²) in [6.07, 6.45) is -0.704. The second-order valence-electron chi connectivity index (χ2n) is 5.55. The molecule has 0 aliphatic carbocycles. The Balaban J connectivity index is 1.73. The molecule has 0 fully saturated rings. The lowest BCUT2D eigenvalue weighted by Crippen LogP contribution is -2.09. The minimum Gasteiger partial charge on any atom is -0.449 e. The summed E-state index contributed by atoms with van der Waals surface area (Å²) >= 11 is 0. The lowest BCUT2D eigenvalue weighted by molar-refractivity contribution is 0.0280. The standard InChI is InChI=1S/C19H15N3O3/c1-12-6-8-15(9-7-12)18-22-21-17(25-18)13(2)24-19(23)16-5-3-4-14(10-16)11-20/h3-10,13H,1-2H3/t13-/m1/s1. The molecule has 124 valence electrons. The van der Waals surface area contributed by atoms with E-state index in [1.54, 1.807) is 25.1 Å². The van der Waals surface area contributed by atoms with E-state index in [-0.39, 0.29) is 5.89 Å². The van der Waals surface area contributed by atoms with Crippen molar-refractivity contribution in [2.75, 3.05) is 0 Å². The van der Waals surface area contributed by atoms with E-state index >= 15 is 0 Å². The molecular weight excluding hydrogens is 318 g/mol. The number of hydrogen-bond acceptors (Lipinski definition) is 6. The molecule has 6 heteroatoms. The Morgan fingerprint density at radius 2 is 1.96 bits per heavy atom. The lowest BCUT2D eigenvalue weighted by atomic mass is 10.1. The minimum atomic E-state index is -0.704. The van der Waals surface area contributed by atoms with Gasteiger partial charge in [-0.3, -0.25) is 0 Å². The Kier molecular flexibility index (Phi) is 4.57.